The first-order valence-corrected chi connectivity index (χ1v) is 7.61. The lowest BCUT2D eigenvalue weighted by molar-refractivity contribution is 0.0635. The highest BCUT2D eigenvalue weighted by Crippen LogP contribution is 2.28. The Balaban J connectivity index is 2.70. The lowest BCUT2D eigenvalue weighted by atomic mass is 10.2. The van der Waals surface area contributed by atoms with Crippen molar-refractivity contribution < 1.29 is 19.0 Å². The molecule has 1 aromatic rings. The largest absolute Gasteiger partial charge is 0.489 e. The van der Waals surface area contributed by atoms with E-state index in [4.69, 9.17) is 14.2 Å². The van der Waals surface area contributed by atoms with E-state index >= 15 is 0 Å². The van der Waals surface area contributed by atoms with Gasteiger partial charge in [-0.3, -0.25) is 5.32 Å². The molecule has 0 heterocycles. The van der Waals surface area contributed by atoms with Crippen molar-refractivity contribution in [2.75, 3.05) is 25.1 Å². The average molecular weight is 360 g/mol. The lowest BCUT2D eigenvalue weighted by Crippen LogP contribution is -2.27. The smallest absolute Gasteiger partial charge is 0.412 e. The van der Waals surface area contributed by atoms with Crippen LogP contribution in [0.1, 0.15) is 27.7 Å². The zero-order valence-electron chi connectivity index (χ0n) is 12.9. The second kappa shape index (κ2) is 8.24. The predicted octanol–water partition coefficient (Wildman–Crippen LogP) is 4.21. The van der Waals surface area contributed by atoms with Crippen LogP contribution in [0.3, 0.4) is 0 Å². The van der Waals surface area contributed by atoms with Crippen LogP contribution in [0.5, 0.6) is 5.75 Å². The molecule has 1 amide bonds. The van der Waals surface area contributed by atoms with Crippen molar-refractivity contribution in [1.29, 1.82) is 0 Å². The van der Waals surface area contributed by atoms with Crippen LogP contribution < -0.4 is 10.1 Å². The van der Waals surface area contributed by atoms with Crippen molar-refractivity contribution in [2.45, 2.75) is 33.3 Å². The Morgan fingerprint density at radius 2 is 2.00 bits per heavy atom. The van der Waals surface area contributed by atoms with Crippen molar-refractivity contribution in [3.8, 4) is 5.75 Å². The summed E-state index contributed by atoms with van der Waals surface area (Å²) in [6, 6.07) is 5.39. The van der Waals surface area contributed by atoms with Crippen LogP contribution in [0.2, 0.25) is 0 Å². The Labute approximate surface area is 134 Å². The van der Waals surface area contributed by atoms with E-state index in [9.17, 15) is 4.79 Å². The van der Waals surface area contributed by atoms with Gasteiger partial charge in [0.05, 0.1) is 12.3 Å². The summed E-state index contributed by atoms with van der Waals surface area (Å²) in [7, 11) is 0. The second-order valence-electron chi connectivity index (χ2n) is 5.31. The summed E-state index contributed by atoms with van der Waals surface area (Å²) in [6.45, 7) is 8.92. The molecule has 0 atom stereocenters. The lowest BCUT2D eigenvalue weighted by Gasteiger charge is -2.20. The summed E-state index contributed by atoms with van der Waals surface area (Å²) in [5, 5.41) is 2.69. The zero-order valence-corrected chi connectivity index (χ0v) is 14.5. The molecule has 0 fully saturated rings. The van der Waals surface area contributed by atoms with E-state index in [2.05, 4.69) is 21.2 Å². The molecule has 0 spiro atoms. The topological polar surface area (TPSA) is 56.8 Å². The molecule has 0 bridgehead atoms. The van der Waals surface area contributed by atoms with Gasteiger partial charge in [-0.05, 0) is 45.9 Å². The fourth-order valence-electron chi connectivity index (χ4n) is 1.49. The molecule has 21 heavy (non-hydrogen) atoms. The third-order valence-corrected chi connectivity index (χ3v) is 2.76. The molecule has 0 aliphatic rings. The van der Waals surface area contributed by atoms with Gasteiger partial charge in [0.15, 0.2) is 0 Å². The third-order valence-electron chi connectivity index (χ3n) is 2.27. The number of ether oxygens (including phenoxy) is 3. The van der Waals surface area contributed by atoms with Crippen molar-refractivity contribution >= 4 is 27.7 Å². The molecule has 0 radical (unpaired) electrons. The highest BCUT2D eigenvalue weighted by molar-refractivity contribution is 9.10. The maximum Gasteiger partial charge on any atom is 0.412 e. The van der Waals surface area contributed by atoms with E-state index in [0.717, 1.165) is 4.47 Å². The van der Waals surface area contributed by atoms with Gasteiger partial charge in [-0.1, -0.05) is 15.9 Å². The van der Waals surface area contributed by atoms with Gasteiger partial charge in [-0.2, -0.15) is 0 Å². The number of rotatable bonds is 6. The van der Waals surface area contributed by atoms with Gasteiger partial charge >= 0.3 is 6.09 Å². The summed E-state index contributed by atoms with van der Waals surface area (Å²) in [5.41, 5.74) is 0.00152. The minimum Gasteiger partial charge on any atom is -0.489 e. The maximum atomic E-state index is 11.8. The molecular formula is C15H22BrNO4. The van der Waals surface area contributed by atoms with Gasteiger partial charge in [0.25, 0.3) is 0 Å². The molecular weight excluding hydrogens is 338 g/mol. The first-order chi connectivity index (χ1) is 9.81. The van der Waals surface area contributed by atoms with Gasteiger partial charge in [0.2, 0.25) is 0 Å². The maximum absolute atomic E-state index is 11.8. The number of benzene rings is 1. The normalized spacial score (nSPS) is 11.1. The fraction of sp³-hybridized carbons (Fsp3) is 0.533. The molecule has 1 N–H and O–H groups in total. The molecule has 1 aromatic carbocycles. The first kappa shape index (κ1) is 17.8. The Bertz CT molecular complexity index is 471. The van der Waals surface area contributed by atoms with Crippen molar-refractivity contribution in [1.82, 2.24) is 0 Å². The monoisotopic (exact) mass is 359 g/mol. The number of carbonyl (C=O) groups is 1. The van der Waals surface area contributed by atoms with Gasteiger partial charge in [0.1, 0.15) is 18.0 Å². The molecule has 0 saturated heterocycles. The Morgan fingerprint density at radius 1 is 1.29 bits per heavy atom. The number of nitrogens with one attached hydrogen (secondary N) is 1. The van der Waals surface area contributed by atoms with E-state index < -0.39 is 11.7 Å². The highest BCUT2D eigenvalue weighted by atomic mass is 79.9. The third kappa shape index (κ3) is 7.34. The average Bonchev–Trinajstić information content (AvgIpc) is 2.34. The number of anilines is 1. The highest BCUT2D eigenvalue weighted by Gasteiger charge is 2.17. The van der Waals surface area contributed by atoms with E-state index in [1.165, 1.54) is 0 Å². The quantitative estimate of drug-likeness (QED) is 0.772. The summed E-state index contributed by atoms with van der Waals surface area (Å²) >= 11 is 3.37. The van der Waals surface area contributed by atoms with Gasteiger partial charge in [-0.25, -0.2) is 4.79 Å². The van der Waals surface area contributed by atoms with Gasteiger partial charge < -0.3 is 14.2 Å². The number of carbonyl (C=O) groups excluding carboxylic acids is 1. The minimum absolute atomic E-state index is 0.415. The molecule has 6 heteroatoms. The van der Waals surface area contributed by atoms with Crippen LogP contribution >= 0.6 is 15.9 Å². The summed E-state index contributed by atoms with van der Waals surface area (Å²) in [6.07, 6.45) is -0.518. The molecule has 0 saturated carbocycles. The van der Waals surface area contributed by atoms with Crippen LogP contribution in [-0.4, -0.2) is 31.5 Å². The van der Waals surface area contributed by atoms with Crippen LogP contribution in [0, 0.1) is 0 Å². The van der Waals surface area contributed by atoms with Crippen LogP contribution in [0.4, 0.5) is 10.5 Å². The zero-order chi connectivity index (χ0) is 15.9. The first-order valence-electron chi connectivity index (χ1n) is 6.82. The molecule has 0 aliphatic carbocycles. The Hall–Kier alpha value is -1.27. The minimum atomic E-state index is -0.550. The fourth-order valence-corrected chi connectivity index (χ4v) is 1.86. The molecule has 0 unspecified atom stereocenters. The molecule has 118 valence electrons. The van der Waals surface area contributed by atoms with E-state index in [1.807, 2.05) is 33.8 Å². The SMILES string of the molecule is CCOCCOc1ccc(Br)cc1NC(=O)OC(C)(C)C. The number of hydrogen-bond acceptors (Lipinski definition) is 4. The van der Waals surface area contributed by atoms with Gasteiger partial charge in [-0.15, -0.1) is 0 Å². The number of halogens is 1. The molecule has 0 aromatic heterocycles. The molecule has 1 rings (SSSR count). The van der Waals surface area contributed by atoms with E-state index in [1.54, 1.807) is 12.1 Å². The van der Waals surface area contributed by atoms with Crippen molar-refractivity contribution in [2.24, 2.45) is 0 Å². The van der Waals surface area contributed by atoms with Crippen LogP contribution in [-0.2, 0) is 9.47 Å². The molecule has 0 aliphatic heterocycles. The summed E-state index contributed by atoms with van der Waals surface area (Å²) < 4.78 is 16.9. The van der Waals surface area contributed by atoms with Crippen LogP contribution in [0.15, 0.2) is 22.7 Å². The van der Waals surface area contributed by atoms with Crippen molar-refractivity contribution in [3.63, 3.8) is 0 Å². The number of hydrogen-bond donors (Lipinski definition) is 1. The predicted molar refractivity (Wildman–Crippen MR) is 86.0 cm³/mol. The van der Waals surface area contributed by atoms with Crippen LogP contribution in [0.25, 0.3) is 0 Å². The Morgan fingerprint density at radius 3 is 2.62 bits per heavy atom. The standard InChI is InChI=1S/C15H22BrNO4/c1-5-19-8-9-20-13-7-6-11(16)10-12(13)17-14(18)21-15(2,3)4/h6-7,10H,5,8-9H2,1-4H3,(H,17,18). The second-order valence-corrected chi connectivity index (χ2v) is 6.23. The Kier molecular flexibility index (Phi) is 6.98. The summed E-state index contributed by atoms with van der Waals surface area (Å²) in [5.74, 6) is 0.573. The van der Waals surface area contributed by atoms with E-state index in [-0.39, 0.29) is 0 Å². The molecule has 5 nitrogen and oxygen atoms in total. The summed E-state index contributed by atoms with van der Waals surface area (Å²) in [4.78, 5) is 11.8. The van der Waals surface area contributed by atoms with Crippen molar-refractivity contribution in [3.05, 3.63) is 22.7 Å². The number of amides is 1. The van der Waals surface area contributed by atoms with E-state index in [0.29, 0.717) is 31.3 Å². The van der Waals surface area contributed by atoms with Gasteiger partial charge in [0, 0.05) is 11.1 Å².